The Morgan fingerprint density at radius 1 is 0.765 bits per heavy atom. The summed E-state index contributed by atoms with van der Waals surface area (Å²) in [6.45, 7) is 3.72. The van der Waals surface area contributed by atoms with Crippen molar-refractivity contribution in [2.75, 3.05) is 26.4 Å². The van der Waals surface area contributed by atoms with Gasteiger partial charge in [-0.1, -0.05) is 114 Å². The first kappa shape index (κ1) is 47.1. The minimum absolute atomic E-state index is 0.0217. The molecule has 0 bridgehead atoms. The second-order valence-electron chi connectivity index (χ2n) is 12.8. The lowest BCUT2D eigenvalue weighted by Gasteiger charge is -2.41. The molecule has 1 rings (SSSR count). The van der Waals surface area contributed by atoms with Crippen LogP contribution < -0.4 is 0 Å². The van der Waals surface area contributed by atoms with Crippen LogP contribution in [0.5, 0.6) is 0 Å². The molecule has 1 aliphatic heterocycles. The summed E-state index contributed by atoms with van der Waals surface area (Å²) in [5, 5.41) is 30.4. The Bertz CT molecular complexity index is 1090. The number of esters is 1. The molecule has 13 heteroatoms. The highest BCUT2D eigenvalue weighted by molar-refractivity contribution is 7.80. The van der Waals surface area contributed by atoms with E-state index in [9.17, 15) is 28.5 Å². The minimum Gasteiger partial charge on any atom is -0.457 e. The van der Waals surface area contributed by atoms with Crippen LogP contribution in [0.4, 0.5) is 0 Å². The number of ether oxygens (including phenoxy) is 4. The molecule has 0 aliphatic carbocycles. The molecule has 1 heterocycles. The number of hydrogen-bond acceptors (Lipinski definition) is 11. The van der Waals surface area contributed by atoms with Crippen molar-refractivity contribution in [1.29, 1.82) is 0 Å². The molecule has 0 aromatic heterocycles. The van der Waals surface area contributed by atoms with Crippen molar-refractivity contribution >= 4 is 16.4 Å². The van der Waals surface area contributed by atoms with Gasteiger partial charge in [-0.3, -0.25) is 9.35 Å². The molecule has 51 heavy (non-hydrogen) atoms. The zero-order valence-corrected chi connectivity index (χ0v) is 31.7. The largest absolute Gasteiger partial charge is 0.457 e. The first-order chi connectivity index (χ1) is 24.6. The smallest absolute Gasteiger partial charge is 0.397 e. The molecular formula is C38H66O12S. The Balaban J connectivity index is 2.44. The second kappa shape index (κ2) is 30.5. The van der Waals surface area contributed by atoms with Crippen LogP contribution in [0.25, 0.3) is 0 Å². The number of unbranched alkanes of at least 4 members (excludes halogenated alkanes) is 10. The van der Waals surface area contributed by atoms with Gasteiger partial charge in [0.15, 0.2) is 6.29 Å². The lowest BCUT2D eigenvalue weighted by atomic mass is 9.99. The molecular weight excluding hydrogens is 680 g/mol. The molecule has 12 nitrogen and oxygen atoms in total. The van der Waals surface area contributed by atoms with Gasteiger partial charge in [0.1, 0.15) is 30.5 Å². The highest BCUT2D eigenvalue weighted by Gasteiger charge is 2.48. The average molecular weight is 747 g/mol. The predicted octanol–water partition coefficient (Wildman–Crippen LogP) is 6.45. The maximum Gasteiger partial charge on any atom is 0.397 e. The van der Waals surface area contributed by atoms with Crippen molar-refractivity contribution in [3.8, 4) is 0 Å². The predicted molar refractivity (Wildman–Crippen MR) is 197 cm³/mol. The molecule has 4 N–H and O–H groups in total. The fraction of sp³-hybridized carbons (Fsp3) is 0.763. The van der Waals surface area contributed by atoms with Crippen LogP contribution in [0.3, 0.4) is 0 Å². The lowest BCUT2D eigenvalue weighted by Crippen LogP contribution is -2.60. The zero-order chi connectivity index (χ0) is 37.6. The molecule has 0 spiro atoms. The Hall–Kier alpha value is -1.94. The molecule has 1 aliphatic rings. The van der Waals surface area contributed by atoms with Crippen molar-refractivity contribution < 1.29 is 56.2 Å². The van der Waals surface area contributed by atoms with Gasteiger partial charge in [0.25, 0.3) is 0 Å². The Morgan fingerprint density at radius 3 is 1.98 bits per heavy atom. The van der Waals surface area contributed by atoms with Gasteiger partial charge in [0.05, 0.1) is 19.8 Å². The third-order valence-electron chi connectivity index (χ3n) is 8.22. The number of allylic oxidation sites excluding steroid dienone is 8. The summed E-state index contributed by atoms with van der Waals surface area (Å²) < 4.78 is 58.5. The van der Waals surface area contributed by atoms with E-state index in [2.05, 4.69) is 66.6 Å². The van der Waals surface area contributed by atoms with Gasteiger partial charge >= 0.3 is 16.4 Å². The highest BCUT2D eigenvalue weighted by Crippen LogP contribution is 2.26. The lowest BCUT2D eigenvalue weighted by molar-refractivity contribution is -0.301. The summed E-state index contributed by atoms with van der Waals surface area (Å²) in [6, 6.07) is 0. The maximum atomic E-state index is 12.6. The Kier molecular flexibility index (Phi) is 28.2. The monoisotopic (exact) mass is 746 g/mol. The molecule has 0 aromatic rings. The van der Waals surface area contributed by atoms with Crippen molar-refractivity contribution in [1.82, 2.24) is 0 Å². The molecule has 0 saturated carbocycles. The van der Waals surface area contributed by atoms with Crippen LogP contribution in [0.2, 0.25) is 0 Å². The van der Waals surface area contributed by atoms with Gasteiger partial charge in [-0.05, 0) is 51.4 Å². The topological polar surface area (TPSA) is 178 Å². The quantitative estimate of drug-likeness (QED) is 0.0264. The van der Waals surface area contributed by atoms with Gasteiger partial charge in [-0.15, -0.1) is 0 Å². The zero-order valence-electron chi connectivity index (χ0n) is 30.9. The normalized spacial score (nSPS) is 22.2. The van der Waals surface area contributed by atoms with Crippen molar-refractivity contribution in [3.63, 3.8) is 0 Å². The van der Waals surface area contributed by atoms with E-state index in [1.807, 2.05) is 0 Å². The molecule has 1 saturated heterocycles. The SMILES string of the molecule is CC/C=C\C/C=C\C/C=C\C/C=C\CCCCCCCOCC(COC1OC(CO)C(O)C(OS(=O)(=O)O)C1O)OC(=O)CCCCCCCC. The van der Waals surface area contributed by atoms with Crippen LogP contribution >= 0.6 is 0 Å². The molecule has 296 valence electrons. The fourth-order valence-corrected chi connectivity index (χ4v) is 5.88. The van der Waals surface area contributed by atoms with Gasteiger partial charge in [-0.2, -0.15) is 8.42 Å². The molecule has 0 amide bonds. The summed E-state index contributed by atoms with van der Waals surface area (Å²) in [7, 11) is -5.06. The summed E-state index contributed by atoms with van der Waals surface area (Å²) in [5.41, 5.74) is 0. The standard InChI is InChI=1S/C38H66O12S/c1-3-5-7-9-11-12-13-14-15-16-17-18-19-20-21-22-24-26-28-46-30-32(48-34(40)27-25-23-10-8-6-4-2)31-47-38-36(42)37(50-51(43,44)45)35(41)33(29-39)49-38/h5,7,11-12,14-15,17-18,32-33,35-39,41-42H,3-4,6,8-10,13,16,19-31H2,1-2H3,(H,43,44,45)/b7-5-,12-11-,15-14-,18-17-. The first-order valence-electron chi connectivity index (χ1n) is 18.9. The average Bonchev–Trinajstić information content (AvgIpc) is 3.09. The van der Waals surface area contributed by atoms with Crippen LogP contribution in [-0.4, -0.2) is 97.5 Å². The van der Waals surface area contributed by atoms with E-state index in [4.69, 9.17) is 23.5 Å². The Labute approximate surface area is 306 Å². The van der Waals surface area contributed by atoms with Gasteiger partial charge < -0.3 is 34.3 Å². The minimum atomic E-state index is -5.06. The van der Waals surface area contributed by atoms with Crippen LogP contribution in [0.1, 0.15) is 123 Å². The van der Waals surface area contributed by atoms with E-state index >= 15 is 0 Å². The summed E-state index contributed by atoms with van der Waals surface area (Å²) in [4.78, 5) is 12.6. The van der Waals surface area contributed by atoms with E-state index < -0.39 is 59.8 Å². The van der Waals surface area contributed by atoms with Crippen LogP contribution in [-0.2, 0) is 38.3 Å². The third-order valence-corrected chi connectivity index (χ3v) is 8.68. The van der Waals surface area contributed by atoms with Gasteiger partial charge in [0, 0.05) is 13.0 Å². The van der Waals surface area contributed by atoms with Crippen LogP contribution in [0.15, 0.2) is 48.6 Å². The van der Waals surface area contributed by atoms with Gasteiger partial charge in [0.2, 0.25) is 0 Å². The van der Waals surface area contributed by atoms with E-state index in [-0.39, 0.29) is 19.6 Å². The third kappa shape index (κ3) is 24.8. The van der Waals surface area contributed by atoms with Crippen molar-refractivity contribution in [2.45, 2.75) is 160 Å². The summed E-state index contributed by atoms with van der Waals surface area (Å²) >= 11 is 0. The van der Waals surface area contributed by atoms with E-state index in [0.717, 1.165) is 96.3 Å². The number of carbonyl (C=O) groups excluding carboxylic acids is 1. The maximum absolute atomic E-state index is 12.6. The summed E-state index contributed by atoms with van der Waals surface area (Å²) in [5.74, 6) is -0.419. The molecule has 6 atom stereocenters. The molecule has 6 unspecified atom stereocenters. The van der Waals surface area contributed by atoms with Crippen molar-refractivity contribution in [2.24, 2.45) is 0 Å². The van der Waals surface area contributed by atoms with E-state index in [0.29, 0.717) is 13.0 Å². The second-order valence-corrected chi connectivity index (χ2v) is 13.8. The fourth-order valence-electron chi connectivity index (χ4n) is 5.37. The number of rotatable bonds is 31. The van der Waals surface area contributed by atoms with Gasteiger partial charge in [-0.25, -0.2) is 4.18 Å². The molecule has 0 aromatic carbocycles. The highest BCUT2D eigenvalue weighted by atomic mass is 32.3. The Morgan fingerprint density at radius 2 is 1.35 bits per heavy atom. The molecule has 1 fully saturated rings. The van der Waals surface area contributed by atoms with Crippen molar-refractivity contribution in [3.05, 3.63) is 48.6 Å². The number of carbonyl (C=O) groups is 1. The van der Waals surface area contributed by atoms with E-state index in [1.165, 1.54) is 0 Å². The summed E-state index contributed by atoms with van der Waals surface area (Å²) in [6.07, 6.45) is 24.8. The first-order valence-corrected chi connectivity index (χ1v) is 20.3. The van der Waals surface area contributed by atoms with E-state index in [1.54, 1.807) is 0 Å². The number of hydrogen-bond donors (Lipinski definition) is 4. The number of aliphatic hydroxyl groups excluding tert-OH is 3. The molecule has 0 radical (unpaired) electrons. The van der Waals surface area contributed by atoms with Crippen LogP contribution in [0, 0.1) is 0 Å². The number of aliphatic hydroxyl groups is 3.